The number of hydrogen-bond donors (Lipinski definition) is 2. The van der Waals surface area contributed by atoms with Crippen LogP contribution in [0.1, 0.15) is 23.7 Å². The van der Waals surface area contributed by atoms with Crippen LogP contribution in [-0.4, -0.2) is 32.9 Å². The summed E-state index contributed by atoms with van der Waals surface area (Å²) in [5, 5.41) is 13.9. The highest BCUT2D eigenvalue weighted by Gasteiger charge is 2.27. The van der Waals surface area contributed by atoms with Crippen molar-refractivity contribution in [2.75, 3.05) is 18.4 Å². The SMILES string of the molecule is CCCNC(=O)c1ccccc1NS(=O)(=O)c1ccc(OC)cc1[N+](=O)[O-]. The summed E-state index contributed by atoms with van der Waals surface area (Å²) in [6.07, 6.45) is 0.720. The highest BCUT2D eigenvalue weighted by molar-refractivity contribution is 7.92. The van der Waals surface area contributed by atoms with Crippen LogP contribution in [0.25, 0.3) is 0 Å². The van der Waals surface area contributed by atoms with Crippen LogP contribution in [0.5, 0.6) is 5.75 Å². The molecule has 0 atom stereocenters. The molecule has 2 aromatic rings. The van der Waals surface area contributed by atoms with E-state index in [-0.39, 0.29) is 17.0 Å². The Morgan fingerprint density at radius 1 is 1.22 bits per heavy atom. The van der Waals surface area contributed by atoms with Gasteiger partial charge >= 0.3 is 0 Å². The molecule has 0 heterocycles. The molecule has 0 radical (unpaired) electrons. The molecule has 10 heteroatoms. The summed E-state index contributed by atoms with van der Waals surface area (Å²) in [5.74, 6) is -0.292. The van der Waals surface area contributed by atoms with Gasteiger partial charge in [-0.3, -0.25) is 19.6 Å². The van der Waals surface area contributed by atoms with Crippen LogP contribution < -0.4 is 14.8 Å². The first-order chi connectivity index (χ1) is 12.8. The van der Waals surface area contributed by atoms with Crippen LogP contribution in [0.15, 0.2) is 47.4 Å². The van der Waals surface area contributed by atoms with Crippen LogP contribution >= 0.6 is 0 Å². The summed E-state index contributed by atoms with van der Waals surface area (Å²) in [6.45, 7) is 2.32. The lowest BCUT2D eigenvalue weighted by atomic mass is 10.1. The maximum absolute atomic E-state index is 12.7. The largest absolute Gasteiger partial charge is 0.497 e. The normalized spacial score (nSPS) is 10.9. The number of nitro benzene ring substituents is 1. The second kappa shape index (κ2) is 8.49. The summed E-state index contributed by atoms with van der Waals surface area (Å²) in [4.78, 5) is 22.2. The number of amides is 1. The van der Waals surface area contributed by atoms with Gasteiger partial charge in [-0.1, -0.05) is 19.1 Å². The number of para-hydroxylation sites is 1. The molecule has 1 amide bonds. The zero-order valence-corrected chi connectivity index (χ0v) is 15.6. The van der Waals surface area contributed by atoms with E-state index in [2.05, 4.69) is 10.0 Å². The fourth-order valence-corrected chi connectivity index (χ4v) is 3.53. The molecular weight excluding hydrogens is 374 g/mol. The Balaban J connectivity index is 2.44. The second-order valence-electron chi connectivity index (χ2n) is 5.50. The predicted octanol–water partition coefficient (Wildman–Crippen LogP) is 2.54. The molecule has 2 rings (SSSR count). The Morgan fingerprint density at radius 3 is 2.56 bits per heavy atom. The number of ether oxygens (including phenoxy) is 1. The molecule has 0 fully saturated rings. The Kier molecular flexibility index (Phi) is 6.35. The molecule has 144 valence electrons. The van der Waals surface area contributed by atoms with Crippen LogP contribution in [0.4, 0.5) is 11.4 Å². The summed E-state index contributed by atoms with van der Waals surface area (Å²) in [7, 11) is -3.00. The standard InChI is InChI=1S/C17H19N3O6S/c1-3-10-18-17(21)13-6-4-5-7-14(13)19-27(24,25)16-9-8-12(26-2)11-15(16)20(22)23/h4-9,11,19H,3,10H2,1-2H3,(H,18,21). The third kappa shape index (κ3) is 4.73. The molecule has 0 spiro atoms. The Labute approximate surface area is 156 Å². The number of nitrogens with one attached hydrogen (secondary N) is 2. The van der Waals surface area contributed by atoms with Gasteiger partial charge in [0.2, 0.25) is 0 Å². The number of nitrogens with zero attached hydrogens (tertiary/aromatic N) is 1. The molecule has 0 saturated carbocycles. The molecule has 0 bridgehead atoms. The molecular formula is C17H19N3O6S. The summed E-state index contributed by atoms with van der Waals surface area (Å²) in [6, 6.07) is 9.43. The Bertz CT molecular complexity index is 959. The zero-order chi connectivity index (χ0) is 20.0. The first-order valence-corrected chi connectivity index (χ1v) is 9.51. The number of methoxy groups -OCH3 is 1. The van der Waals surface area contributed by atoms with Gasteiger partial charge in [0.1, 0.15) is 5.75 Å². The Morgan fingerprint density at radius 2 is 1.93 bits per heavy atom. The maximum Gasteiger partial charge on any atom is 0.293 e. The molecule has 2 aromatic carbocycles. The quantitative estimate of drug-likeness (QED) is 0.524. The van der Waals surface area contributed by atoms with E-state index in [0.29, 0.717) is 6.54 Å². The lowest BCUT2D eigenvalue weighted by Gasteiger charge is -2.13. The van der Waals surface area contributed by atoms with Crippen LogP contribution in [0.3, 0.4) is 0 Å². The van der Waals surface area contributed by atoms with Gasteiger partial charge in [-0.15, -0.1) is 0 Å². The van der Waals surface area contributed by atoms with Gasteiger partial charge in [-0.25, -0.2) is 8.42 Å². The number of anilines is 1. The van der Waals surface area contributed by atoms with Crippen molar-refractivity contribution in [3.8, 4) is 5.75 Å². The van der Waals surface area contributed by atoms with E-state index in [9.17, 15) is 23.3 Å². The molecule has 0 saturated heterocycles. The number of nitro groups is 1. The van der Waals surface area contributed by atoms with Crippen molar-refractivity contribution in [2.24, 2.45) is 0 Å². The number of rotatable bonds is 8. The monoisotopic (exact) mass is 393 g/mol. The van der Waals surface area contributed by atoms with E-state index in [1.807, 2.05) is 6.92 Å². The van der Waals surface area contributed by atoms with E-state index in [1.54, 1.807) is 12.1 Å². The molecule has 0 aromatic heterocycles. The fourth-order valence-electron chi connectivity index (χ4n) is 2.30. The van der Waals surface area contributed by atoms with Gasteiger partial charge < -0.3 is 10.1 Å². The molecule has 2 N–H and O–H groups in total. The smallest absolute Gasteiger partial charge is 0.293 e. The molecule has 0 aliphatic rings. The lowest BCUT2D eigenvalue weighted by molar-refractivity contribution is -0.387. The van der Waals surface area contributed by atoms with E-state index >= 15 is 0 Å². The minimum atomic E-state index is -4.32. The minimum absolute atomic E-state index is 0.0243. The van der Waals surface area contributed by atoms with Gasteiger partial charge in [0.15, 0.2) is 4.90 Å². The van der Waals surface area contributed by atoms with E-state index in [1.165, 1.54) is 25.3 Å². The van der Waals surface area contributed by atoms with Crippen molar-refractivity contribution >= 4 is 27.3 Å². The van der Waals surface area contributed by atoms with Crippen molar-refractivity contribution < 1.29 is 22.9 Å². The van der Waals surface area contributed by atoms with Crippen molar-refractivity contribution in [3.63, 3.8) is 0 Å². The number of sulfonamides is 1. The molecule has 0 aliphatic carbocycles. The first-order valence-electron chi connectivity index (χ1n) is 8.02. The molecule has 0 aliphatic heterocycles. The van der Waals surface area contributed by atoms with E-state index < -0.39 is 31.4 Å². The summed E-state index contributed by atoms with van der Waals surface area (Å²) >= 11 is 0. The average molecular weight is 393 g/mol. The molecule has 27 heavy (non-hydrogen) atoms. The number of carbonyl (C=O) groups excluding carboxylic acids is 1. The fraction of sp³-hybridized carbons (Fsp3) is 0.235. The lowest BCUT2D eigenvalue weighted by Crippen LogP contribution is -2.26. The number of carbonyl (C=O) groups is 1. The van der Waals surface area contributed by atoms with Gasteiger partial charge in [0.05, 0.1) is 29.4 Å². The third-order valence-electron chi connectivity index (χ3n) is 3.60. The van der Waals surface area contributed by atoms with Crippen molar-refractivity contribution in [1.29, 1.82) is 0 Å². The van der Waals surface area contributed by atoms with Crippen molar-refractivity contribution in [1.82, 2.24) is 5.32 Å². The predicted molar refractivity (Wildman–Crippen MR) is 99.5 cm³/mol. The van der Waals surface area contributed by atoms with E-state index in [4.69, 9.17) is 4.74 Å². The highest BCUT2D eigenvalue weighted by Crippen LogP contribution is 2.30. The maximum atomic E-state index is 12.7. The zero-order valence-electron chi connectivity index (χ0n) is 14.8. The first kappa shape index (κ1) is 20.2. The topological polar surface area (TPSA) is 128 Å². The number of benzene rings is 2. The average Bonchev–Trinajstić information content (AvgIpc) is 2.65. The summed E-state index contributed by atoms with van der Waals surface area (Å²) < 4.78 is 32.6. The minimum Gasteiger partial charge on any atom is -0.497 e. The second-order valence-corrected chi connectivity index (χ2v) is 7.15. The van der Waals surface area contributed by atoms with Crippen LogP contribution in [0, 0.1) is 10.1 Å². The van der Waals surface area contributed by atoms with Gasteiger partial charge in [-0.2, -0.15) is 0 Å². The highest BCUT2D eigenvalue weighted by atomic mass is 32.2. The van der Waals surface area contributed by atoms with Gasteiger partial charge in [0, 0.05) is 6.54 Å². The van der Waals surface area contributed by atoms with E-state index in [0.717, 1.165) is 18.6 Å². The van der Waals surface area contributed by atoms with Crippen molar-refractivity contribution in [2.45, 2.75) is 18.2 Å². The Hall–Kier alpha value is -3.14. The van der Waals surface area contributed by atoms with Crippen LogP contribution in [0.2, 0.25) is 0 Å². The molecule has 0 unspecified atom stereocenters. The summed E-state index contributed by atoms with van der Waals surface area (Å²) in [5.41, 5.74) is -0.489. The van der Waals surface area contributed by atoms with Crippen molar-refractivity contribution in [3.05, 3.63) is 58.1 Å². The third-order valence-corrected chi connectivity index (χ3v) is 5.02. The van der Waals surface area contributed by atoms with Gasteiger partial charge in [-0.05, 0) is 30.7 Å². The molecule has 9 nitrogen and oxygen atoms in total. The number of hydrogen-bond acceptors (Lipinski definition) is 6. The van der Waals surface area contributed by atoms with Gasteiger partial charge in [0.25, 0.3) is 21.6 Å². The van der Waals surface area contributed by atoms with Crippen LogP contribution in [-0.2, 0) is 10.0 Å².